The molecule has 0 unspecified atom stereocenters. The predicted molar refractivity (Wildman–Crippen MR) is 94.7 cm³/mol. The van der Waals surface area contributed by atoms with Crippen LogP contribution in [0.25, 0.3) is 0 Å². The Morgan fingerprint density at radius 3 is 2.60 bits per heavy atom. The second-order valence-electron chi connectivity index (χ2n) is 6.14. The normalized spacial score (nSPS) is 21.0. The van der Waals surface area contributed by atoms with Crippen LogP contribution < -0.4 is 5.73 Å². The first kappa shape index (κ1) is 18.9. The Kier molecular flexibility index (Phi) is 6.50. The van der Waals surface area contributed by atoms with E-state index in [4.69, 9.17) is 15.9 Å². The van der Waals surface area contributed by atoms with Gasteiger partial charge in [-0.15, -0.1) is 0 Å². The Morgan fingerprint density at radius 2 is 1.96 bits per heavy atom. The molecule has 0 bridgehead atoms. The summed E-state index contributed by atoms with van der Waals surface area (Å²) in [5, 5.41) is 17.4. The summed E-state index contributed by atoms with van der Waals surface area (Å²) in [6.45, 7) is 0.805. The Morgan fingerprint density at radius 1 is 1.28 bits per heavy atom. The highest BCUT2D eigenvalue weighted by Crippen LogP contribution is 2.26. The number of likely N-dealkylation sites (N-methyl/N-ethyl adjacent to an activating group) is 1. The highest BCUT2D eigenvalue weighted by atomic mass is 16.4. The number of nitrogens with zero attached hydrogens (tertiary/aromatic N) is 1. The molecule has 4 N–H and O–H groups in total. The van der Waals surface area contributed by atoms with Gasteiger partial charge in [0.25, 0.3) is 0 Å². The minimum absolute atomic E-state index is 0.0431. The molecular formula is C19H24N2O4. The minimum atomic E-state index is -1.41. The maximum atomic E-state index is 11.7. The number of amides is 1. The van der Waals surface area contributed by atoms with Gasteiger partial charge in [-0.05, 0) is 30.4 Å². The van der Waals surface area contributed by atoms with E-state index >= 15 is 0 Å². The fourth-order valence-corrected chi connectivity index (χ4v) is 2.88. The average molecular weight is 344 g/mol. The van der Waals surface area contributed by atoms with Crippen LogP contribution in [-0.2, 0) is 9.59 Å². The number of aliphatic hydroxyl groups excluding tert-OH is 1. The Balaban J connectivity index is 0.000000186. The van der Waals surface area contributed by atoms with Crippen molar-refractivity contribution in [3.63, 3.8) is 0 Å². The van der Waals surface area contributed by atoms with E-state index in [0.29, 0.717) is 5.56 Å². The lowest BCUT2D eigenvalue weighted by Gasteiger charge is -2.18. The van der Waals surface area contributed by atoms with Crippen molar-refractivity contribution >= 4 is 11.9 Å². The molecule has 1 aliphatic heterocycles. The first-order valence-electron chi connectivity index (χ1n) is 8.26. The molecule has 2 aliphatic rings. The quantitative estimate of drug-likeness (QED) is 0.756. The molecule has 0 spiro atoms. The number of rotatable bonds is 2. The third kappa shape index (κ3) is 4.78. The van der Waals surface area contributed by atoms with Crippen LogP contribution in [0.15, 0.2) is 53.6 Å². The molecule has 3 rings (SSSR count). The monoisotopic (exact) mass is 344 g/mol. The number of carboxylic acid groups (broad SMARTS) is 1. The zero-order valence-electron chi connectivity index (χ0n) is 14.3. The standard InChI is InChI=1S/C11H16N2O.C8H8O3/c1-13-7-6-8-4-2-3-5-9(8)10(12)11(13)14;9-7(8(10)11)6-4-2-1-3-5-6/h3,5,10H,2,4,6-7,12H2,1H3;1-5,7,9H,(H,10,11)/t10-;7-/m01/s1. The molecule has 6 heteroatoms. The van der Waals surface area contributed by atoms with Gasteiger partial charge in [-0.3, -0.25) is 4.79 Å². The highest BCUT2D eigenvalue weighted by molar-refractivity contribution is 5.86. The molecule has 25 heavy (non-hydrogen) atoms. The summed E-state index contributed by atoms with van der Waals surface area (Å²) in [7, 11) is 1.82. The van der Waals surface area contributed by atoms with Crippen molar-refractivity contribution in [1.29, 1.82) is 0 Å². The van der Waals surface area contributed by atoms with Gasteiger partial charge in [0.2, 0.25) is 5.91 Å². The van der Waals surface area contributed by atoms with Crippen molar-refractivity contribution in [3.8, 4) is 0 Å². The summed E-state index contributed by atoms with van der Waals surface area (Å²) in [6.07, 6.45) is 5.87. The molecule has 1 aliphatic carbocycles. The van der Waals surface area contributed by atoms with Gasteiger partial charge in [-0.25, -0.2) is 4.79 Å². The van der Waals surface area contributed by atoms with Crippen molar-refractivity contribution in [3.05, 3.63) is 59.2 Å². The first-order valence-corrected chi connectivity index (χ1v) is 8.26. The zero-order chi connectivity index (χ0) is 18.4. The average Bonchev–Trinajstić information content (AvgIpc) is 2.75. The third-order valence-corrected chi connectivity index (χ3v) is 4.39. The molecule has 0 fully saturated rings. The molecule has 6 nitrogen and oxygen atoms in total. The van der Waals surface area contributed by atoms with Gasteiger partial charge in [0.1, 0.15) is 6.04 Å². The van der Waals surface area contributed by atoms with Crippen molar-refractivity contribution in [1.82, 2.24) is 4.90 Å². The van der Waals surface area contributed by atoms with Crippen LogP contribution in [0.2, 0.25) is 0 Å². The highest BCUT2D eigenvalue weighted by Gasteiger charge is 2.27. The number of carboxylic acids is 1. The van der Waals surface area contributed by atoms with Crippen LogP contribution in [0.1, 0.15) is 30.9 Å². The van der Waals surface area contributed by atoms with Gasteiger partial charge in [0.05, 0.1) is 0 Å². The minimum Gasteiger partial charge on any atom is -0.479 e. The van der Waals surface area contributed by atoms with Crippen molar-refractivity contribution in [2.24, 2.45) is 5.73 Å². The SMILES string of the molecule is CN1CCC2=C(C=CCC2)[C@H](N)C1=O.O=C(O)[C@H](O)c1ccccc1. The lowest BCUT2D eigenvalue weighted by Crippen LogP contribution is -2.41. The maximum Gasteiger partial charge on any atom is 0.337 e. The summed E-state index contributed by atoms with van der Waals surface area (Å²) >= 11 is 0. The lowest BCUT2D eigenvalue weighted by molar-refractivity contribution is -0.147. The largest absolute Gasteiger partial charge is 0.479 e. The molecule has 0 aromatic heterocycles. The summed E-state index contributed by atoms with van der Waals surface area (Å²) in [5.41, 5.74) is 8.76. The number of hydrogen-bond donors (Lipinski definition) is 3. The van der Waals surface area contributed by atoms with E-state index in [1.165, 1.54) is 5.57 Å². The number of allylic oxidation sites excluding steroid dienone is 1. The fourth-order valence-electron chi connectivity index (χ4n) is 2.88. The van der Waals surface area contributed by atoms with Gasteiger partial charge in [0.15, 0.2) is 6.10 Å². The summed E-state index contributed by atoms with van der Waals surface area (Å²) in [6, 6.07) is 7.83. The second kappa shape index (κ2) is 8.60. The Bertz CT molecular complexity index is 682. The number of aliphatic carboxylic acids is 1. The van der Waals surface area contributed by atoms with E-state index in [0.717, 1.165) is 31.4 Å². The first-order chi connectivity index (χ1) is 11.9. The molecular weight excluding hydrogens is 320 g/mol. The topological polar surface area (TPSA) is 104 Å². The third-order valence-electron chi connectivity index (χ3n) is 4.39. The van der Waals surface area contributed by atoms with Crippen molar-refractivity contribution in [2.45, 2.75) is 31.4 Å². The van der Waals surface area contributed by atoms with Crippen LogP contribution in [0.3, 0.4) is 0 Å². The molecule has 0 saturated heterocycles. The van der Waals surface area contributed by atoms with E-state index in [1.54, 1.807) is 35.2 Å². The molecule has 1 heterocycles. The predicted octanol–water partition coefficient (Wildman–Crippen LogP) is 1.63. The molecule has 1 amide bonds. The van der Waals surface area contributed by atoms with Crippen molar-refractivity contribution in [2.75, 3.05) is 13.6 Å². The van der Waals surface area contributed by atoms with Gasteiger partial charge < -0.3 is 20.8 Å². The number of aliphatic hydroxyl groups is 1. The summed E-state index contributed by atoms with van der Waals surface area (Å²) in [5.74, 6) is -1.18. The van der Waals surface area contributed by atoms with Gasteiger partial charge in [-0.2, -0.15) is 0 Å². The van der Waals surface area contributed by atoms with E-state index in [1.807, 2.05) is 13.1 Å². The van der Waals surface area contributed by atoms with Crippen LogP contribution in [0.4, 0.5) is 0 Å². The van der Waals surface area contributed by atoms with Crippen LogP contribution >= 0.6 is 0 Å². The van der Waals surface area contributed by atoms with E-state index in [-0.39, 0.29) is 5.91 Å². The Labute approximate surface area is 147 Å². The van der Waals surface area contributed by atoms with Crippen LogP contribution in [-0.4, -0.2) is 46.6 Å². The van der Waals surface area contributed by atoms with Gasteiger partial charge in [-0.1, -0.05) is 48.1 Å². The number of nitrogens with two attached hydrogens (primary N) is 1. The van der Waals surface area contributed by atoms with Crippen LogP contribution in [0.5, 0.6) is 0 Å². The smallest absolute Gasteiger partial charge is 0.337 e. The molecule has 2 atom stereocenters. The number of hydrogen-bond acceptors (Lipinski definition) is 4. The van der Waals surface area contributed by atoms with Crippen molar-refractivity contribution < 1.29 is 19.8 Å². The van der Waals surface area contributed by atoms with Gasteiger partial charge in [0, 0.05) is 13.6 Å². The van der Waals surface area contributed by atoms with E-state index in [9.17, 15) is 9.59 Å². The lowest BCUT2D eigenvalue weighted by atomic mass is 9.92. The second-order valence-corrected chi connectivity index (χ2v) is 6.14. The number of benzene rings is 1. The zero-order valence-corrected chi connectivity index (χ0v) is 14.3. The fraction of sp³-hybridized carbons (Fsp3) is 0.368. The van der Waals surface area contributed by atoms with Gasteiger partial charge >= 0.3 is 5.97 Å². The molecule has 1 aromatic rings. The van der Waals surface area contributed by atoms with E-state index in [2.05, 4.69) is 6.08 Å². The van der Waals surface area contributed by atoms with Crippen LogP contribution in [0, 0.1) is 0 Å². The molecule has 134 valence electrons. The molecule has 0 radical (unpaired) electrons. The maximum absolute atomic E-state index is 11.7. The summed E-state index contributed by atoms with van der Waals surface area (Å²) in [4.78, 5) is 23.7. The van der Waals surface area contributed by atoms with E-state index < -0.39 is 18.1 Å². The number of carbonyl (C=O) groups is 2. The summed E-state index contributed by atoms with van der Waals surface area (Å²) < 4.78 is 0. The number of carbonyl (C=O) groups excluding carboxylic acids is 1. The molecule has 0 saturated carbocycles. The molecule has 1 aromatic carbocycles. The Hall–Kier alpha value is -2.44.